The van der Waals surface area contributed by atoms with E-state index in [2.05, 4.69) is 61.4 Å². The summed E-state index contributed by atoms with van der Waals surface area (Å²) < 4.78 is 20.3. The van der Waals surface area contributed by atoms with Gasteiger partial charge in [-0.2, -0.15) is 0 Å². The fourth-order valence-electron chi connectivity index (χ4n) is 11.5. The lowest BCUT2D eigenvalue weighted by Gasteiger charge is -2.41. The van der Waals surface area contributed by atoms with Gasteiger partial charge < -0.3 is 44.7 Å². The smallest absolute Gasteiger partial charge is 0.326 e. The number of thioether (sulfide) groups is 1. The third kappa shape index (κ3) is 20.2. The number of likely N-dealkylation sites (tertiary alicyclic amines) is 1. The number of likely N-dealkylation sites (N-methyl/N-ethyl adjacent to an activating group) is 2. The molecule has 1 fully saturated rings. The Hall–Kier alpha value is -5.57. The first kappa shape index (κ1) is 71.9. The van der Waals surface area contributed by atoms with Crippen LogP contribution in [0, 0.1) is 29.1 Å². The molecule has 1 aliphatic heterocycles. The van der Waals surface area contributed by atoms with Crippen LogP contribution in [0.4, 0.5) is 0 Å². The van der Waals surface area contributed by atoms with Crippen LogP contribution in [0.2, 0.25) is 0 Å². The molecule has 0 aliphatic carbocycles. The van der Waals surface area contributed by atoms with Crippen LogP contribution in [0.5, 0.6) is 0 Å². The molecule has 5 amide bonds. The van der Waals surface area contributed by atoms with Crippen LogP contribution in [-0.2, 0) is 54.8 Å². The number of hydrogen-bond donors (Lipinski definition) is 3. The van der Waals surface area contributed by atoms with Gasteiger partial charge in [-0.25, -0.2) is 9.48 Å². The minimum Gasteiger partial charge on any atom is -0.480 e. The fourth-order valence-corrected chi connectivity index (χ4v) is 12.7. The topological polar surface area (TPSA) is 215 Å². The molecule has 3 N–H and O–H groups in total. The van der Waals surface area contributed by atoms with E-state index in [4.69, 9.17) is 14.2 Å². The van der Waals surface area contributed by atoms with Gasteiger partial charge >= 0.3 is 5.97 Å². The third-order valence-corrected chi connectivity index (χ3v) is 18.1. The number of nitrogens with one attached hydrogen (secondary N) is 2. The summed E-state index contributed by atoms with van der Waals surface area (Å²) in [5.74, 6) is -4.56. The summed E-state index contributed by atoms with van der Waals surface area (Å²) in [5.41, 5.74) is 2.37. The van der Waals surface area contributed by atoms with Gasteiger partial charge in [-0.3, -0.25) is 24.0 Å². The molecule has 1 saturated heterocycles. The average molecular weight is 1200 g/mol. The van der Waals surface area contributed by atoms with Gasteiger partial charge in [0.05, 0.1) is 67.4 Å². The number of rotatable bonds is 35. The van der Waals surface area contributed by atoms with E-state index in [0.717, 1.165) is 33.8 Å². The number of aromatic nitrogens is 3. The molecular weight excluding hydrogens is 1100 g/mol. The number of amides is 5. The molecule has 1 aliphatic rings. The van der Waals surface area contributed by atoms with Crippen molar-refractivity contribution in [2.45, 2.75) is 200 Å². The summed E-state index contributed by atoms with van der Waals surface area (Å²) in [4.78, 5) is 89.8. The molecular formula is C65H103BN8O10S. The number of aliphatic carboxylic acids is 1. The average Bonchev–Trinajstić information content (AvgIpc) is 4.32. The number of benzene rings is 2. The lowest BCUT2D eigenvalue weighted by molar-refractivity contribution is -0.149. The SMILES string of the molecule is BC(C)(CCCC)SC(=C)c1ccc(-n2cc(C(C)(C)COCC(C)(C)CC(=O)N(C)C(C(=O)N[C@H](C(=O)N(C)[C@@H]([C@@H](C)CC)[C@@H](CC(=O)N3CCC[C@H]3[C@H](OC)[C@@H](C)C(=O)N[C@@H](Cc3ccccc3)C(=O)O)OC)C(C)C)C(C)C)nn2)cc1. The van der Waals surface area contributed by atoms with E-state index >= 15 is 0 Å². The Morgan fingerprint density at radius 3 is 2.08 bits per heavy atom. The van der Waals surface area contributed by atoms with Crippen LogP contribution in [0.25, 0.3) is 10.6 Å². The summed E-state index contributed by atoms with van der Waals surface area (Å²) >= 11 is 1.82. The summed E-state index contributed by atoms with van der Waals surface area (Å²) in [7, 11) is 8.58. The molecule has 0 saturated carbocycles. The standard InChI is InChI=1S/C65H103BN8O10S/c1-19-21-33-65(14,66)85-45(9)47-29-31-48(32-30-47)74-38-52(69-70-74)64(12,13)40-84-39-63(10,11)37-54(76)71(15)56(42(5)6)60(78)68-55(41(3)4)61(79)72(16)57(43(7)20-2)51(82-17)36-53(75)73-34-25-28-50(73)58(83-18)44(8)59(77)67-49(62(80)81)35-46-26-23-22-24-27-46/h22-24,26-27,29-32,38,41-44,49-51,55-58H,9,19-21,25,28,33-37,39-40,66H2,1-8,10-18H3,(H,67,77)(H,68,78)(H,80,81)/t43-,44+,49-,50-,51+,55-,56?,57-,58+,65?/m0/s1. The number of hydrogen-bond acceptors (Lipinski definition) is 12. The van der Waals surface area contributed by atoms with Gasteiger partial charge in [0.2, 0.25) is 29.5 Å². The van der Waals surface area contributed by atoms with Gasteiger partial charge in [0.15, 0.2) is 0 Å². The largest absolute Gasteiger partial charge is 0.480 e. The highest BCUT2D eigenvalue weighted by molar-refractivity contribution is 8.10. The normalized spacial score (nSPS) is 17.4. The Bertz CT molecular complexity index is 2670. The van der Waals surface area contributed by atoms with Crippen LogP contribution in [0.15, 0.2) is 67.4 Å². The number of unbranched alkanes of at least 4 members (excludes halogenated alkanes) is 1. The first-order chi connectivity index (χ1) is 39.8. The highest BCUT2D eigenvalue weighted by atomic mass is 32.2. The van der Waals surface area contributed by atoms with Crippen molar-refractivity contribution in [3.05, 3.63) is 84.2 Å². The Morgan fingerprint density at radius 1 is 0.871 bits per heavy atom. The summed E-state index contributed by atoms with van der Waals surface area (Å²) in [6, 6.07) is 13.2. The maximum atomic E-state index is 14.8. The van der Waals surface area contributed by atoms with E-state index in [0.29, 0.717) is 32.4 Å². The number of carboxylic acids is 1. The number of carboxylic acid groups (broad SMARTS) is 1. The number of carbonyl (C=O) groups excluding carboxylic acids is 5. The lowest BCUT2D eigenvalue weighted by atomic mass is 9.84. The molecule has 0 radical (unpaired) electrons. The molecule has 18 nitrogen and oxygen atoms in total. The van der Waals surface area contributed by atoms with Crippen molar-refractivity contribution in [1.29, 1.82) is 0 Å². The second-order valence-electron chi connectivity index (χ2n) is 26.3. The second-order valence-corrected chi connectivity index (χ2v) is 28.1. The molecule has 10 atom stereocenters. The quantitative estimate of drug-likeness (QED) is 0.0471. The molecule has 4 rings (SSSR count). The highest BCUT2D eigenvalue weighted by Crippen LogP contribution is 2.38. The van der Waals surface area contributed by atoms with Crippen LogP contribution in [0.3, 0.4) is 0 Å². The molecule has 2 unspecified atom stereocenters. The van der Waals surface area contributed by atoms with Crippen molar-refractivity contribution in [3.63, 3.8) is 0 Å². The second kappa shape index (κ2) is 32.4. The molecule has 2 aromatic carbocycles. The predicted molar refractivity (Wildman–Crippen MR) is 341 cm³/mol. The van der Waals surface area contributed by atoms with Crippen LogP contribution >= 0.6 is 11.8 Å². The van der Waals surface area contributed by atoms with E-state index in [1.807, 2.05) is 118 Å². The summed E-state index contributed by atoms with van der Waals surface area (Å²) in [6.45, 7) is 31.0. The van der Waals surface area contributed by atoms with Crippen molar-refractivity contribution in [2.24, 2.45) is 29.1 Å². The van der Waals surface area contributed by atoms with Gasteiger partial charge in [-0.05, 0) is 70.3 Å². The van der Waals surface area contributed by atoms with E-state index in [-0.39, 0.29) is 66.0 Å². The predicted octanol–water partition coefficient (Wildman–Crippen LogP) is 8.58. The third-order valence-electron chi connectivity index (χ3n) is 16.9. The van der Waals surface area contributed by atoms with Crippen molar-refractivity contribution in [3.8, 4) is 5.69 Å². The maximum Gasteiger partial charge on any atom is 0.326 e. The highest BCUT2D eigenvalue weighted by Gasteiger charge is 2.44. The van der Waals surface area contributed by atoms with Gasteiger partial charge in [-0.15, -0.1) is 16.9 Å². The molecule has 1 aromatic heterocycles. The molecule has 0 spiro atoms. The monoisotopic (exact) mass is 1200 g/mol. The van der Waals surface area contributed by atoms with E-state index in [1.54, 1.807) is 47.6 Å². The van der Waals surface area contributed by atoms with Crippen LogP contribution in [-0.4, -0.2) is 173 Å². The van der Waals surface area contributed by atoms with Gasteiger partial charge in [0.25, 0.3) is 0 Å². The van der Waals surface area contributed by atoms with Crippen molar-refractivity contribution in [1.82, 2.24) is 40.3 Å². The molecule has 2 heterocycles. The van der Waals surface area contributed by atoms with Crippen LogP contribution < -0.4 is 10.6 Å². The zero-order chi connectivity index (χ0) is 63.7. The molecule has 472 valence electrons. The molecule has 0 bridgehead atoms. The first-order valence-electron chi connectivity index (χ1n) is 30.6. The van der Waals surface area contributed by atoms with E-state index in [9.17, 15) is 33.9 Å². The number of nitrogens with zero attached hydrogens (tertiary/aromatic N) is 6. The zero-order valence-electron chi connectivity index (χ0n) is 54.5. The molecule has 3 aromatic rings. The van der Waals surface area contributed by atoms with Gasteiger partial charge in [0, 0.05) is 58.0 Å². The van der Waals surface area contributed by atoms with E-state index in [1.165, 1.54) is 32.0 Å². The Labute approximate surface area is 513 Å². The number of methoxy groups -OCH3 is 2. The molecule has 85 heavy (non-hydrogen) atoms. The Balaban J connectivity index is 1.39. The minimum absolute atomic E-state index is 0.0806. The van der Waals surface area contributed by atoms with Crippen LogP contribution in [0.1, 0.15) is 158 Å². The van der Waals surface area contributed by atoms with Gasteiger partial charge in [0.1, 0.15) is 26.0 Å². The number of ether oxygens (including phenoxy) is 3. The minimum atomic E-state index is -1.16. The fraction of sp³-hybridized carbons (Fsp3) is 0.662. The first-order valence-corrected chi connectivity index (χ1v) is 31.4. The number of carbonyl (C=O) groups is 6. The molecule has 20 heteroatoms. The van der Waals surface area contributed by atoms with Gasteiger partial charge in [-0.1, -0.05) is 164 Å². The summed E-state index contributed by atoms with van der Waals surface area (Å²) in [5, 5.41) is 24.7. The van der Waals surface area contributed by atoms with Crippen molar-refractivity contribution in [2.75, 3.05) is 48.1 Å². The summed E-state index contributed by atoms with van der Waals surface area (Å²) in [6.07, 6.45) is 5.90. The van der Waals surface area contributed by atoms with Crippen molar-refractivity contribution >= 4 is 60.0 Å². The lowest BCUT2D eigenvalue weighted by Crippen LogP contribution is -2.60. The Kier molecular flexibility index (Phi) is 27.4. The maximum absolute atomic E-state index is 14.8. The zero-order valence-corrected chi connectivity index (χ0v) is 55.3. The van der Waals surface area contributed by atoms with E-state index < -0.39 is 76.9 Å². The Morgan fingerprint density at radius 2 is 1.52 bits per heavy atom. The van der Waals surface area contributed by atoms with Crippen molar-refractivity contribution < 1.29 is 48.1 Å².